The molecular formula is C15H21BrN2O. The van der Waals surface area contributed by atoms with Crippen LogP contribution in [0.3, 0.4) is 0 Å². The number of carbonyl (C=O) groups is 1. The van der Waals surface area contributed by atoms with Crippen LogP contribution >= 0.6 is 15.9 Å². The summed E-state index contributed by atoms with van der Waals surface area (Å²) in [5.41, 5.74) is 7.89. The fourth-order valence-corrected chi connectivity index (χ4v) is 3.02. The van der Waals surface area contributed by atoms with Gasteiger partial charge in [-0.25, -0.2) is 0 Å². The van der Waals surface area contributed by atoms with Gasteiger partial charge in [0.05, 0.1) is 0 Å². The number of aryl methyl sites for hydroxylation is 1. The summed E-state index contributed by atoms with van der Waals surface area (Å²) in [6, 6.07) is 6.96. The van der Waals surface area contributed by atoms with E-state index in [1.54, 1.807) is 0 Å². The molecule has 1 amide bonds. The summed E-state index contributed by atoms with van der Waals surface area (Å²) < 4.78 is 1.16. The highest BCUT2D eigenvalue weighted by Gasteiger charge is 2.24. The van der Waals surface area contributed by atoms with Crippen molar-refractivity contribution in [1.29, 1.82) is 0 Å². The van der Waals surface area contributed by atoms with Crippen molar-refractivity contribution in [3.05, 3.63) is 33.8 Å². The number of carbonyl (C=O) groups excluding carboxylic acids is 1. The molecule has 0 heterocycles. The van der Waals surface area contributed by atoms with Gasteiger partial charge in [0, 0.05) is 23.0 Å². The van der Waals surface area contributed by atoms with Crippen LogP contribution in [0.4, 0.5) is 0 Å². The van der Waals surface area contributed by atoms with Crippen LogP contribution in [0.25, 0.3) is 0 Å². The van der Waals surface area contributed by atoms with Crippen LogP contribution in [0.2, 0.25) is 0 Å². The zero-order valence-corrected chi connectivity index (χ0v) is 12.9. The third kappa shape index (κ3) is 4.05. The first-order valence-corrected chi connectivity index (χ1v) is 7.63. The molecule has 1 aromatic carbocycles. The van der Waals surface area contributed by atoms with Gasteiger partial charge in [0.1, 0.15) is 0 Å². The van der Waals surface area contributed by atoms with Crippen molar-refractivity contribution in [2.75, 3.05) is 0 Å². The zero-order valence-electron chi connectivity index (χ0n) is 11.3. The number of nitrogens with one attached hydrogen (secondary N) is 1. The van der Waals surface area contributed by atoms with Crippen LogP contribution in [-0.4, -0.2) is 11.9 Å². The molecule has 1 fully saturated rings. The monoisotopic (exact) mass is 324 g/mol. The molecule has 104 valence electrons. The topological polar surface area (TPSA) is 55.1 Å². The van der Waals surface area contributed by atoms with Crippen molar-refractivity contribution in [1.82, 2.24) is 5.32 Å². The summed E-state index contributed by atoms with van der Waals surface area (Å²) >= 11 is 3.56. The molecule has 0 bridgehead atoms. The second kappa shape index (κ2) is 6.53. The van der Waals surface area contributed by atoms with E-state index in [4.69, 9.17) is 5.73 Å². The number of nitrogens with two attached hydrogens (primary N) is 1. The van der Waals surface area contributed by atoms with Gasteiger partial charge in [-0.1, -0.05) is 28.1 Å². The number of hydrogen-bond donors (Lipinski definition) is 2. The lowest BCUT2D eigenvalue weighted by Gasteiger charge is -2.27. The predicted molar refractivity (Wildman–Crippen MR) is 80.7 cm³/mol. The van der Waals surface area contributed by atoms with E-state index in [1.165, 1.54) is 11.1 Å². The summed E-state index contributed by atoms with van der Waals surface area (Å²) in [4.78, 5) is 11.1. The Bertz CT molecular complexity index is 453. The third-order valence-electron chi connectivity index (χ3n) is 3.96. The second-order valence-electron chi connectivity index (χ2n) is 5.42. The summed E-state index contributed by atoms with van der Waals surface area (Å²) in [6.45, 7) is 2.97. The lowest BCUT2D eigenvalue weighted by atomic mass is 9.85. The molecule has 0 unspecified atom stereocenters. The van der Waals surface area contributed by atoms with Crippen molar-refractivity contribution >= 4 is 21.8 Å². The van der Waals surface area contributed by atoms with Crippen LogP contribution in [-0.2, 0) is 11.3 Å². The Morgan fingerprint density at radius 2 is 2.05 bits per heavy atom. The van der Waals surface area contributed by atoms with Gasteiger partial charge in [-0.3, -0.25) is 4.79 Å². The molecular weight excluding hydrogens is 304 g/mol. The van der Waals surface area contributed by atoms with Crippen LogP contribution in [0.5, 0.6) is 0 Å². The second-order valence-corrected chi connectivity index (χ2v) is 6.27. The fourth-order valence-electron chi connectivity index (χ4n) is 2.59. The molecule has 3 nitrogen and oxygen atoms in total. The number of benzene rings is 1. The van der Waals surface area contributed by atoms with E-state index >= 15 is 0 Å². The summed E-state index contributed by atoms with van der Waals surface area (Å²) in [6.07, 6.45) is 3.93. The Kier molecular flexibility index (Phi) is 4.99. The van der Waals surface area contributed by atoms with E-state index in [2.05, 4.69) is 46.4 Å². The first-order valence-electron chi connectivity index (χ1n) is 6.84. The van der Waals surface area contributed by atoms with Gasteiger partial charge >= 0.3 is 0 Å². The highest BCUT2D eigenvalue weighted by atomic mass is 79.9. The molecule has 1 saturated carbocycles. The van der Waals surface area contributed by atoms with E-state index in [0.29, 0.717) is 6.04 Å². The van der Waals surface area contributed by atoms with Gasteiger partial charge in [0.2, 0.25) is 5.91 Å². The van der Waals surface area contributed by atoms with Gasteiger partial charge in [-0.05, 0) is 49.8 Å². The van der Waals surface area contributed by atoms with Crippen molar-refractivity contribution < 1.29 is 4.79 Å². The maximum atomic E-state index is 11.1. The molecule has 3 N–H and O–H groups in total. The van der Waals surface area contributed by atoms with Gasteiger partial charge in [0.25, 0.3) is 0 Å². The van der Waals surface area contributed by atoms with Crippen molar-refractivity contribution in [3.8, 4) is 0 Å². The first kappa shape index (κ1) is 14.5. The molecule has 1 aromatic rings. The molecule has 19 heavy (non-hydrogen) atoms. The molecule has 0 saturated heterocycles. The minimum atomic E-state index is -0.138. The Labute approximate surface area is 123 Å². The summed E-state index contributed by atoms with van der Waals surface area (Å²) in [5.74, 6) is -0.0486. The SMILES string of the molecule is Cc1ccc(CNC2CCC(C(N)=O)CC2)cc1Br. The molecule has 0 radical (unpaired) electrons. The molecule has 0 aliphatic heterocycles. The molecule has 1 aliphatic rings. The lowest BCUT2D eigenvalue weighted by molar-refractivity contribution is -0.122. The maximum Gasteiger partial charge on any atom is 0.220 e. The van der Waals surface area contributed by atoms with Gasteiger partial charge in [-0.15, -0.1) is 0 Å². The molecule has 2 rings (SSSR count). The van der Waals surface area contributed by atoms with E-state index in [9.17, 15) is 4.79 Å². The molecule has 0 aromatic heterocycles. The largest absolute Gasteiger partial charge is 0.369 e. The molecule has 0 atom stereocenters. The lowest BCUT2D eigenvalue weighted by Crippen LogP contribution is -2.36. The average molecular weight is 325 g/mol. The van der Waals surface area contributed by atoms with Crippen LogP contribution in [0.15, 0.2) is 22.7 Å². The van der Waals surface area contributed by atoms with Crippen molar-refractivity contribution in [2.24, 2.45) is 11.7 Å². The quantitative estimate of drug-likeness (QED) is 0.894. The summed E-state index contributed by atoms with van der Waals surface area (Å²) in [5, 5.41) is 3.57. The fraction of sp³-hybridized carbons (Fsp3) is 0.533. The van der Waals surface area contributed by atoms with Crippen LogP contribution in [0, 0.1) is 12.8 Å². The molecule has 4 heteroatoms. The standard InChI is InChI=1S/C15H21BrN2O/c1-10-2-3-11(8-14(10)16)9-18-13-6-4-12(5-7-13)15(17)19/h2-3,8,12-13,18H,4-7,9H2,1H3,(H2,17,19). The van der Waals surface area contributed by atoms with Gasteiger partial charge < -0.3 is 11.1 Å². The number of rotatable bonds is 4. The minimum absolute atomic E-state index is 0.0894. The Morgan fingerprint density at radius 3 is 2.63 bits per heavy atom. The van der Waals surface area contributed by atoms with Gasteiger partial charge in [-0.2, -0.15) is 0 Å². The van der Waals surface area contributed by atoms with E-state index in [0.717, 1.165) is 36.7 Å². The third-order valence-corrected chi connectivity index (χ3v) is 4.81. The normalized spacial score (nSPS) is 23.3. The Hall–Kier alpha value is -0.870. The predicted octanol–water partition coefficient (Wildman–Crippen LogP) is 2.89. The van der Waals surface area contributed by atoms with Crippen molar-refractivity contribution in [2.45, 2.75) is 45.2 Å². The van der Waals surface area contributed by atoms with E-state index in [1.807, 2.05) is 0 Å². The van der Waals surface area contributed by atoms with Gasteiger partial charge in [0.15, 0.2) is 0 Å². The zero-order chi connectivity index (χ0) is 13.8. The van der Waals surface area contributed by atoms with Crippen molar-refractivity contribution in [3.63, 3.8) is 0 Å². The maximum absolute atomic E-state index is 11.1. The Balaban J connectivity index is 1.80. The smallest absolute Gasteiger partial charge is 0.220 e. The summed E-state index contributed by atoms with van der Waals surface area (Å²) in [7, 11) is 0. The molecule has 0 spiro atoms. The van der Waals surface area contributed by atoms with E-state index < -0.39 is 0 Å². The Morgan fingerprint density at radius 1 is 1.37 bits per heavy atom. The minimum Gasteiger partial charge on any atom is -0.369 e. The number of primary amides is 1. The number of halogens is 1. The van der Waals surface area contributed by atoms with Crippen LogP contribution < -0.4 is 11.1 Å². The van der Waals surface area contributed by atoms with E-state index in [-0.39, 0.29) is 11.8 Å². The average Bonchev–Trinajstić information content (AvgIpc) is 2.40. The van der Waals surface area contributed by atoms with Crippen LogP contribution in [0.1, 0.15) is 36.8 Å². The number of hydrogen-bond acceptors (Lipinski definition) is 2. The molecule has 1 aliphatic carbocycles. The highest BCUT2D eigenvalue weighted by Crippen LogP contribution is 2.24. The highest BCUT2D eigenvalue weighted by molar-refractivity contribution is 9.10. The first-order chi connectivity index (χ1) is 9.06. The number of amides is 1.